The Kier molecular flexibility index (Phi) is 6.88. The molecule has 0 amide bonds. The number of hydrogen-bond donors (Lipinski definition) is 1. The number of rotatable bonds is 8. The van der Waals surface area contributed by atoms with Crippen molar-refractivity contribution in [3.05, 3.63) is 83.3 Å². The minimum absolute atomic E-state index is 0.0294. The normalized spacial score (nSPS) is 13.3. The number of aliphatic hydroxyl groups is 1. The van der Waals surface area contributed by atoms with Gasteiger partial charge in [-0.2, -0.15) is 5.26 Å². The van der Waals surface area contributed by atoms with Gasteiger partial charge >= 0.3 is 0 Å². The summed E-state index contributed by atoms with van der Waals surface area (Å²) in [6.45, 7) is 3.04. The second-order valence-electron chi connectivity index (χ2n) is 6.77. The zero-order valence-electron chi connectivity index (χ0n) is 16.9. The van der Waals surface area contributed by atoms with E-state index in [4.69, 9.17) is 9.84 Å². The van der Waals surface area contributed by atoms with Crippen LogP contribution in [0.3, 0.4) is 0 Å². The molecule has 0 saturated heterocycles. The molecule has 0 fully saturated rings. The summed E-state index contributed by atoms with van der Waals surface area (Å²) in [6.07, 6.45) is 13.4. The Morgan fingerprint density at radius 3 is 3.00 bits per heavy atom. The number of anilines is 1. The highest BCUT2D eigenvalue weighted by Gasteiger charge is 2.14. The topological polar surface area (TPSA) is 74.3 Å². The van der Waals surface area contributed by atoms with Gasteiger partial charge in [-0.15, -0.1) is 0 Å². The SMILES string of the molecule is CCc1cncn1Cc1ccc(C#N)c(N(C)C2=CC(OCCO)=CCC=C2)c1. The van der Waals surface area contributed by atoms with Gasteiger partial charge in [0.25, 0.3) is 0 Å². The second-order valence-corrected chi connectivity index (χ2v) is 6.77. The quantitative estimate of drug-likeness (QED) is 0.746. The molecule has 1 aliphatic carbocycles. The molecule has 0 radical (unpaired) electrons. The second kappa shape index (κ2) is 9.76. The highest BCUT2D eigenvalue weighted by Crippen LogP contribution is 2.27. The number of benzene rings is 1. The Bertz CT molecular complexity index is 979. The number of hydrogen-bond acceptors (Lipinski definition) is 5. The van der Waals surface area contributed by atoms with Crippen molar-refractivity contribution in [2.24, 2.45) is 0 Å². The molecule has 1 aliphatic rings. The van der Waals surface area contributed by atoms with Gasteiger partial charge in [0.05, 0.1) is 24.2 Å². The lowest BCUT2D eigenvalue weighted by atomic mass is 10.1. The summed E-state index contributed by atoms with van der Waals surface area (Å²) in [5.41, 5.74) is 4.64. The van der Waals surface area contributed by atoms with Crippen LogP contribution in [0.15, 0.2) is 66.5 Å². The van der Waals surface area contributed by atoms with Gasteiger partial charge in [-0.3, -0.25) is 0 Å². The number of ether oxygens (including phenoxy) is 1. The summed E-state index contributed by atoms with van der Waals surface area (Å²) in [7, 11) is 1.94. The van der Waals surface area contributed by atoms with E-state index in [0.29, 0.717) is 17.9 Å². The van der Waals surface area contributed by atoms with Crippen molar-refractivity contribution < 1.29 is 9.84 Å². The van der Waals surface area contributed by atoms with Crippen LogP contribution >= 0.6 is 0 Å². The minimum atomic E-state index is -0.0294. The summed E-state index contributed by atoms with van der Waals surface area (Å²) in [5.74, 6) is 0.714. The van der Waals surface area contributed by atoms with Gasteiger partial charge in [0, 0.05) is 37.3 Å². The number of aryl methyl sites for hydroxylation is 1. The number of nitriles is 1. The van der Waals surface area contributed by atoms with Gasteiger partial charge in [-0.25, -0.2) is 4.98 Å². The zero-order valence-corrected chi connectivity index (χ0v) is 16.9. The lowest BCUT2D eigenvalue weighted by Gasteiger charge is -2.23. The van der Waals surface area contributed by atoms with Crippen LogP contribution in [0, 0.1) is 11.3 Å². The molecule has 0 bridgehead atoms. The van der Waals surface area contributed by atoms with E-state index in [1.807, 2.05) is 60.9 Å². The summed E-state index contributed by atoms with van der Waals surface area (Å²) < 4.78 is 7.72. The van der Waals surface area contributed by atoms with Gasteiger partial charge in [-0.1, -0.05) is 19.1 Å². The molecule has 2 aromatic rings. The first-order valence-corrected chi connectivity index (χ1v) is 9.74. The first-order valence-electron chi connectivity index (χ1n) is 9.74. The molecule has 6 nitrogen and oxygen atoms in total. The molecule has 0 unspecified atom stereocenters. The maximum Gasteiger partial charge on any atom is 0.117 e. The van der Waals surface area contributed by atoms with Crippen LogP contribution in [0.2, 0.25) is 0 Å². The smallest absolute Gasteiger partial charge is 0.117 e. The monoisotopic (exact) mass is 390 g/mol. The summed E-state index contributed by atoms with van der Waals surface area (Å²) in [6, 6.07) is 8.20. The molecule has 0 aliphatic heterocycles. The number of allylic oxidation sites excluding steroid dienone is 4. The number of nitrogens with zero attached hydrogens (tertiary/aromatic N) is 4. The van der Waals surface area contributed by atoms with Gasteiger partial charge in [0.2, 0.25) is 0 Å². The lowest BCUT2D eigenvalue weighted by molar-refractivity contribution is 0.151. The fourth-order valence-corrected chi connectivity index (χ4v) is 3.27. The van der Waals surface area contributed by atoms with E-state index >= 15 is 0 Å². The third-order valence-electron chi connectivity index (χ3n) is 4.84. The van der Waals surface area contributed by atoms with Crippen LogP contribution in [0.4, 0.5) is 5.69 Å². The van der Waals surface area contributed by atoms with E-state index < -0.39 is 0 Å². The first kappa shape index (κ1) is 20.4. The maximum atomic E-state index is 9.63. The summed E-state index contributed by atoms with van der Waals surface area (Å²) in [4.78, 5) is 6.24. The highest BCUT2D eigenvalue weighted by molar-refractivity contribution is 5.65. The Labute approximate surface area is 171 Å². The largest absolute Gasteiger partial charge is 0.491 e. The van der Waals surface area contributed by atoms with Crippen LogP contribution < -0.4 is 4.90 Å². The molecule has 6 heteroatoms. The van der Waals surface area contributed by atoms with E-state index in [2.05, 4.69) is 28.6 Å². The van der Waals surface area contributed by atoms with Crippen molar-refractivity contribution in [3.8, 4) is 6.07 Å². The first-order chi connectivity index (χ1) is 14.2. The molecule has 0 spiro atoms. The number of imidazole rings is 1. The molecule has 1 aromatic heterocycles. The Morgan fingerprint density at radius 1 is 1.38 bits per heavy atom. The van der Waals surface area contributed by atoms with Gasteiger partial charge < -0.3 is 19.3 Å². The van der Waals surface area contributed by atoms with Crippen molar-refractivity contribution >= 4 is 5.69 Å². The summed E-state index contributed by atoms with van der Waals surface area (Å²) in [5, 5.41) is 18.6. The number of likely N-dealkylation sites (N-methyl/N-ethyl adjacent to an activating group) is 1. The average molecular weight is 390 g/mol. The Balaban J connectivity index is 1.91. The van der Waals surface area contributed by atoms with Crippen LogP contribution in [0.1, 0.15) is 30.2 Å². The van der Waals surface area contributed by atoms with Crippen molar-refractivity contribution in [2.75, 3.05) is 25.2 Å². The molecular formula is C23H26N4O2. The molecule has 29 heavy (non-hydrogen) atoms. The third kappa shape index (κ3) is 4.95. The van der Waals surface area contributed by atoms with Gasteiger partial charge in [0.15, 0.2) is 0 Å². The fourth-order valence-electron chi connectivity index (χ4n) is 3.27. The fraction of sp³-hybridized carbons (Fsp3) is 0.304. The van der Waals surface area contributed by atoms with E-state index in [0.717, 1.165) is 29.8 Å². The molecule has 1 N–H and O–H groups in total. The molecule has 3 rings (SSSR count). The molecule has 150 valence electrons. The maximum absolute atomic E-state index is 9.63. The average Bonchev–Trinajstić information content (AvgIpc) is 3.06. The standard InChI is InChI=1S/C23H26N4O2/c1-3-20-15-25-17-27(20)16-18-8-9-19(14-24)23(12-18)26(2)21-6-4-5-7-22(13-21)29-11-10-28/h4,6-9,12-13,15,17,28H,3,5,10-11,16H2,1-2H3. The third-order valence-corrected chi connectivity index (χ3v) is 4.84. The number of aliphatic hydroxyl groups excluding tert-OH is 1. The van der Waals surface area contributed by atoms with Crippen LogP contribution in [0.25, 0.3) is 0 Å². The predicted molar refractivity (Wildman–Crippen MR) is 113 cm³/mol. The van der Waals surface area contributed by atoms with E-state index in [1.165, 1.54) is 5.69 Å². The molecule has 1 aromatic carbocycles. The van der Waals surface area contributed by atoms with Gasteiger partial charge in [0.1, 0.15) is 18.4 Å². The van der Waals surface area contributed by atoms with Gasteiger partial charge in [-0.05, 0) is 42.7 Å². The molecule has 1 heterocycles. The predicted octanol–water partition coefficient (Wildman–Crippen LogP) is 3.54. The lowest BCUT2D eigenvalue weighted by Crippen LogP contribution is -2.17. The Hall–Kier alpha value is -3.30. The van der Waals surface area contributed by atoms with Crippen molar-refractivity contribution in [1.82, 2.24) is 9.55 Å². The van der Waals surface area contributed by atoms with Crippen molar-refractivity contribution in [1.29, 1.82) is 5.26 Å². The Morgan fingerprint density at radius 2 is 2.24 bits per heavy atom. The van der Waals surface area contributed by atoms with Crippen LogP contribution in [0.5, 0.6) is 0 Å². The summed E-state index contributed by atoms with van der Waals surface area (Å²) >= 11 is 0. The number of aromatic nitrogens is 2. The molecule has 0 saturated carbocycles. The van der Waals surface area contributed by atoms with Crippen LogP contribution in [-0.4, -0.2) is 34.9 Å². The van der Waals surface area contributed by atoms with Crippen molar-refractivity contribution in [3.63, 3.8) is 0 Å². The van der Waals surface area contributed by atoms with Crippen LogP contribution in [-0.2, 0) is 17.7 Å². The van der Waals surface area contributed by atoms with E-state index in [1.54, 1.807) is 0 Å². The minimum Gasteiger partial charge on any atom is -0.491 e. The highest BCUT2D eigenvalue weighted by atomic mass is 16.5. The molecule has 0 atom stereocenters. The van der Waals surface area contributed by atoms with Crippen molar-refractivity contribution in [2.45, 2.75) is 26.3 Å². The zero-order chi connectivity index (χ0) is 20.6. The molecular weight excluding hydrogens is 364 g/mol. The van der Waals surface area contributed by atoms with E-state index in [-0.39, 0.29) is 13.2 Å². The van der Waals surface area contributed by atoms with E-state index in [9.17, 15) is 5.26 Å².